The van der Waals surface area contributed by atoms with Crippen LogP contribution in [0.25, 0.3) is 0 Å². The lowest BCUT2D eigenvalue weighted by molar-refractivity contribution is -0.112. The highest BCUT2D eigenvalue weighted by molar-refractivity contribution is 6.05. The van der Waals surface area contributed by atoms with E-state index in [1.54, 1.807) is 12.2 Å². The fourth-order valence-corrected chi connectivity index (χ4v) is 1.96. The molecule has 0 atom stereocenters. The molecule has 0 aliphatic heterocycles. The minimum Gasteiger partial charge on any atom is -0.290 e. The van der Waals surface area contributed by atoms with Gasteiger partial charge in [-0.25, -0.2) is 0 Å². The molecule has 0 spiro atoms. The Kier molecular flexibility index (Phi) is 3.10. The van der Waals surface area contributed by atoms with Gasteiger partial charge >= 0.3 is 0 Å². The molecule has 0 unspecified atom stereocenters. The van der Waals surface area contributed by atoms with E-state index in [-0.39, 0.29) is 11.2 Å². The average Bonchev–Trinajstić information content (AvgIpc) is 2.01. The van der Waals surface area contributed by atoms with Crippen LogP contribution in [-0.2, 0) is 4.79 Å². The second-order valence-electron chi connectivity index (χ2n) is 4.52. The maximum atomic E-state index is 11.7. The minimum absolute atomic E-state index is 0.0184. The van der Waals surface area contributed by atoms with Gasteiger partial charge in [0.05, 0.1) is 0 Å². The molecule has 0 aromatic rings. The summed E-state index contributed by atoms with van der Waals surface area (Å²) in [4.78, 5) is 11.7. The molecule has 1 nitrogen and oxygen atoms in total. The van der Waals surface area contributed by atoms with Crippen LogP contribution in [0.4, 0.5) is 0 Å². The van der Waals surface area contributed by atoms with Crippen LogP contribution >= 0.6 is 0 Å². The van der Waals surface area contributed by atoms with Crippen LogP contribution in [0.3, 0.4) is 0 Å². The Balaban J connectivity index is 3.02. The first-order valence-electron chi connectivity index (χ1n) is 5.02. The van der Waals surface area contributed by atoms with Crippen LogP contribution < -0.4 is 0 Å². The van der Waals surface area contributed by atoms with Crippen molar-refractivity contribution in [1.29, 1.82) is 0 Å². The topological polar surface area (TPSA) is 17.1 Å². The van der Waals surface area contributed by atoms with E-state index >= 15 is 0 Å². The van der Waals surface area contributed by atoms with Crippen molar-refractivity contribution in [3.8, 4) is 0 Å². The van der Waals surface area contributed by atoms with Crippen LogP contribution in [0.15, 0.2) is 35.5 Å². The summed E-state index contributed by atoms with van der Waals surface area (Å²) in [6, 6.07) is 0. The SMILES string of the molecule is C/C=C/C(=O)C1=CC=C(C)CC1(C)C. The Bertz CT molecular complexity index is 327. The van der Waals surface area contributed by atoms with Gasteiger partial charge in [-0.15, -0.1) is 0 Å². The largest absolute Gasteiger partial charge is 0.290 e. The molecule has 0 fully saturated rings. The quantitative estimate of drug-likeness (QED) is 0.610. The Labute approximate surface area is 86.2 Å². The number of hydrogen-bond acceptors (Lipinski definition) is 1. The fraction of sp³-hybridized carbons (Fsp3) is 0.462. The zero-order valence-electron chi connectivity index (χ0n) is 9.42. The van der Waals surface area contributed by atoms with Gasteiger partial charge in [0.1, 0.15) is 0 Å². The molecule has 0 bridgehead atoms. The summed E-state index contributed by atoms with van der Waals surface area (Å²) in [5.74, 6) is 0.140. The molecule has 1 aliphatic carbocycles. The summed E-state index contributed by atoms with van der Waals surface area (Å²) in [7, 11) is 0. The molecule has 1 rings (SSSR count). The van der Waals surface area contributed by atoms with Crippen LogP contribution in [-0.4, -0.2) is 5.78 Å². The zero-order chi connectivity index (χ0) is 10.8. The zero-order valence-corrected chi connectivity index (χ0v) is 9.42. The molecule has 0 amide bonds. The molecule has 1 heteroatoms. The summed E-state index contributed by atoms with van der Waals surface area (Å²) >= 11 is 0. The molecular formula is C13H18O. The predicted molar refractivity (Wildman–Crippen MR) is 60.1 cm³/mol. The van der Waals surface area contributed by atoms with E-state index in [1.165, 1.54) is 5.57 Å². The van der Waals surface area contributed by atoms with Gasteiger partial charge in [0.15, 0.2) is 5.78 Å². The number of rotatable bonds is 2. The van der Waals surface area contributed by atoms with E-state index in [4.69, 9.17) is 0 Å². The third-order valence-electron chi connectivity index (χ3n) is 2.57. The Morgan fingerprint density at radius 3 is 2.57 bits per heavy atom. The average molecular weight is 190 g/mol. The van der Waals surface area contributed by atoms with Crippen molar-refractivity contribution in [2.75, 3.05) is 0 Å². The van der Waals surface area contributed by atoms with Crippen molar-refractivity contribution < 1.29 is 4.79 Å². The van der Waals surface area contributed by atoms with Crippen molar-refractivity contribution in [2.24, 2.45) is 5.41 Å². The normalized spacial score (nSPS) is 20.6. The van der Waals surface area contributed by atoms with Crippen LogP contribution in [0.5, 0.6) is 0 Å². The highest BCUT2D eigenvalue weighted by atomic mass is 16.1. The number of carbonyl (C=O) groups excluding carboxylic acids is 1. The lowest BCUT2D eigenvalue weighted by Crippen LogP contribution is -2.22. The van der Waals surface area contributed by atoms with Gasteiger partial charge in [-0.2, -0.15) is 0 Å². The highest BCUT2D eigenvalue weighted by Gasteiger charge is 2.29. The summed E-state index contributed by atoms with van der Waals surface area (Å²) in [6.07, 6.45) is 8.41. The number of carbonyl (C=O) groups is 1. The first-order chi connectivity index (χ1) is 6.47. The summed E-state index contributed by atoms with van der Waals surface area (Å²) in [5.41, 5.74) is 2.24. The maximum Gasteiger partial charge on any atom is 0.182 e. The summed E-state index contributed by atoms with van der Waals surface area (Å²) < 4.78 is 0. The van der Waals surface area contributed by atoms with Gasteiger partial charge in [-0.1, -0.05) is 37.6 Å². The van der Waals surface area contributed by atoms with Gasteiger partial charge < -0.3 is 0 Å². The van der Waals surface area contributed by atoms with Crippen molar-refractivity contribution in [2.45, 2.75) is 34.1 Å². The maximum absolute atomic E-state index is 11.7. The van der Waals surface area contributed by atoms with Crippen molar-refractivity contribution in [3.63, 3.8) is 0 Å². The molecule has 0 aromatic heterocycles. The van der Waals surface area contributed by atoms with Crippen LogP contribution in [0, 0.1) is 5.41 Å². The molecular weight excluding hydrogens is 172 g/mol. The van der Waals surface area contributed by atoms with Crippen molar-refractivity contribution in [3.05, 3.63) is 35.5 Å². The highest BCUT2D eigenvalue weighted by Crippen LogP contribution is 2.37. The summed E-state index contributed by atoms with van der Waals surface area (Å²) in [6.45, 7) is 8.22. The number of hydrogen-bond donors (Lipinski definition) is 0. The van der Waals surface area contributed by atoms with Gasteiger partial charge in [0.2, 0.25) is 0 Å². The van der Waals surface area contributed by atoms with E-state index in [9.17, 15) is 4.79 Å². The predicted octanol–water partition coefficient (Wildman–Crippen LogP) is 3.43. The number of ketones is 1. The van der Waals surface area contributed by atoms with Gasteiger partial charge in [0, 0.05) is 5.57 Å². The lowest BCUT2D eigenvalue weighted by Gasteiger charge is -2.29. The van der Waals surface area contributed by atoms with E-state index in [0.29, 0.717) is 0 Å². The Morgan fingerprint density at radius 1 is 1.43 bits per heavy atom. The Hall–Kier alpha value is -1.11. The molecule has 0 radical (unpaired) electrons. The Morgan fingerprint density at radius 2 is 2.07 bits per heavy atom. The molecule has 0 N–H and O–H groups in total. The minimum atomic E-state index is -0.0184. The van der Waals surface area contributed by atoms with Crippen molar-refractivity contribution >= 4 is 5.78 Å². The van der Waals surface area contributed by atoms with Gasteiger partial charge in [-0.05, 0) is 31.8 Å². The molecule has 0 saturated heterocycles. The van der Waals surface area contributed by atoms with E-state index < -0.39 is 0 Å². The molecule has 76 valence electrons. The lowest BCUT2D eigenvalue weighted by atomic mass is 9.74. The molecule has 1 aliphatic rings. The molecule has 14 heavy (non-hydrogen) atoms. The van der Waals surface area contributed by atoms with Crippen LogP contribution in [0.2, 0.25) is 0 Å². The molecule has 0 saturated carbocycles. The standard InChI is InChI=1S/C13H18O/c1-5-6-12(14)11-8-7-10(2)9-13(11,3)4/h5-8H,9H2,1-4H3/b6-5+. The third kappa shape index (κ3) is 2.22. The first-order valence-corrected chi connectivity index (χ1v) is 5.02. The third-order valence-corrected chi connectivity index (χ3v) is 2.57. The van der Waals surface area contributed by atoms with Gasteiger partial charge in [-0.3, -0.25) is 4.79 Å². The number of allylic oxidation sites excluding steroid dienone is 6. The second kappa shape index (κ2) is 3.95. The second-order valence-corrected chi connectivity index (χ2v) is 4.52. The monoisotopic (exact) mass is 190 g/mol. The molecule has 0 aromatic carbocycles. The smallest absolute Gasteiger partial charge is 0.182 e. The first kappa shape index (κ1) is 11.0. The van der Waals surface area contributed by atoms with E-state index in [0.717, 1.165) is 12.0 Å². The van der Waals surface area contributed by atoms with Gasteiger partial charge in [0.25, 0.3) is 0 Å². The molecule has 0 heterocycles. The van der Waals surface area contributed by atoms with Crippen molar-refractivity contribution in [1.82, 2.24) is 0 Å². The summed E-state index contributed by atoms with van der Waals surface area (Å²) in [5, 5.41) is 0. The van der Waals surface area contributed by atoms with Crippen LogP contribution in [0.1, 0.15) is 34.1 Å². The van der Waals surface area contributed by atoms with E-state index in [1.807, 2.05) is 19.1 Å². The fourth-order valence-electron chi connectivity index (χ4n) is 1.96. The van der Waals surface area contributed by atoms with E-state index in [2.05, 4.69) is 20.8 Å².